The number of likely N-dealkylation sites (N-methyl/N-ethyl adjacent to an activating group) is 1. The molecule has 1 atom stereocenters. The Hall–Kier alpha value is -1.92. The quantitative estimate of drug-likeness (QED) is 0.847. The zero-order chi connectivity index (χ0) is 17.6. The number of carbonyl (C=O) groups excluding carboxylic acids is 2. The first kappa shape index (κ1) is 17.9. The fraction of sp³-hybridized carbons (Fsp3) is 0.579. The third-order valence-corrected chi connectivity index (χ3v) is 5.03. The number of hydrogen-bond acceptors (Lipinski definition) is 4. The van der Waals surface area contributed by atoms with Crippen LogP contribution in [-0.2, 0) is 14.3 Å². The van der Waals surface area contributed by atoms with E-state index in [1.54, 1.807) is 0 Å². The number of anilines is 1. The summed E-state index contributed by atoms with van der Waals surface area (Å²) in [6.07, 6.45) is 2.48. The number of carbonyl (C=O) groups is 2. The largest absolute Gasteiger partial charge is 0.381 e. The van der Waals surface area contributed by atoms with Crippen LogP contribution in [0.4, 0.5) is 5.69 Å². The van der Waals surface area contributed by atoms with Gasteiger partial charge in [-0.05, 0) is 37.9 Å². The van der Waals surface area contributed by atoms with Crippen molar-refractivity contribution in [2.75, 3.05) is 37.7 Å². The molecule has 2 amide bonds. The van der Waals surface area contributed by atoms with Crippen molar-refractivity contribution in [3.05, 3.63) is 30.3 Å². The maximum atomic E-state index is 12.8. The Morgan fingerprint density at radius 3 is 2.64 bits per heavy atom. The first-order valence-corrected chi connectivity index (χ1v) is 9.16. The number of para-hydroxylation sites is 1. The van der Waals surface area contributed by atoms with Crippen LogP contribution in [0.3, 0.4) is 0 Å². The Labute approximate surface area is 149 Å². The Morgan fingerprint density at radius 1 is 1.24 bits per heavy atom. The molecule has 0 spiro atoms. The molecule has 0 aliphatic carbocycles. The molecule has 6 nitrogen and oxygen atoms in total. The van der Waals surface area contributed by atoms with Crippen LogP contribution in [0.1, 0.15) is 26.2 Å². The molecule has 25 heavy (non-hydrogen) atoms. The first-order chi connectivity index (χ1) is 12.2. The van der Waals surface area contributed by atoms with E-state index in [1.807, 2.05) is 47.1 Å². The Morgan fingerprint density at radius 2 is 1.96 bits per heavy atom. The molecule has 2 saturated heterocycles. The second kappa shape index (κ2) is 8.45. The van der Waals surface area contributed by atoms with Gasteiger partial charge in [0, 0.05) is 31.5 Å². The van der Waals surface area contributed by atoms with Crippen LogP contribution in [0.15, 0.2) is 30.3 Å². The van der Waals surface area contributed by atoms with Crippen molar-refractivity contribution in [1.29, 1.82) is 0 Å². The number of nitrogens with zero attached hydrogens (tertiary/aromatic N) is 2. The predicted molar refractivity (Wildman–Crippen MR) is 96.4 cm³/mol. The average molecular weight is 345 g/mol. The zero-order valence-corrected chi connectivity index (χ0v) is 14.8. The molecule has 0 aromatic heterocycles. The van der Waals surface area contributed by atoms with Gasteiger partial charge in [-0.15, -0.1) is 0 Å². The molecule has 3 rings (SSSR count). The fourth-order valence-electron chi connectivity index (χ4n) is 3.61. The molecule has 2 aliphatic rings. The summed E-state index contributed by atoms with van der Waals surface area (Å²) in [6, 6.07) is 9.71. The Kier molecular flexibility index (Phi) is 6.04. The van der Waals surface area contributed by atoms with Gasteiger partial charge in [0.15, 0.2) is 0 Å². The maximum Gasteiger partial charge on any atom is 0.244 e. The van der Waals surface area contributed by atoms with Gasteiger partial charge in [0.05, 0.1) is 12.6 Å². The lowest BCUT2D eigenvalue weighted by Gasteiger charge is -2.28. The van der Waals surface area contributed by atoms with Gasteiger partial charge in [0.25, 0.3) is 0 Å². The van der Waals surface area contributed by atoms with Crippen molar-refractivity contribution in [1.82, 2.24) is 10.2 Å². The van der Waals surface area contributed by atoms with E-state index < -0.39 is 0 Å². The van der Waals surface area contributed by atoms with Crippen LogP contribution in [0, 0.1) is 0 Å². The number of benzene rings is 1. The van der Waals surface area contributed by atoms with E-state index in [9.17, 15) is 9.59 Å². The first-order valence-electron chi connectivity index (χ1n) is 9.16. The van der Waals surface area contributed by atoms with Crippen LogP contribution in [0.2, 0.25) is 0 Å². The zero-order valence-electron chi connectivity index (χ0n) is 14.8. The minimum Gasteiger partial charge on any atom is -0.381 e. The molecule has 1 N–H and O–H groups in total. The molecule has 1 aromatic rings. The molecule has 0 radical (unpaired) electrons. The highest BCUT2D eigenvalue weighted by Crippen LogP contribution is 2.24. The minimum absolute atomic E-state index is 0.000267. The van der Waals surface area contributed by atoms with Crippen molar-refractivity contribution >= 4 is 17.5 Å². The van der Waals surface area contributed by atoms with Gasteiger partial charge < -0.3 is 15.0 Å². The monoisotopic (exact) mass is 345 g/mol. The van der Waals surface area contributed by atoms with Gasteiger partial charge in [-0.2, -0.15) is 0 Å². The van der Waals surface area contributed by atoms with Crippen LogP contribution >= 0.6 is 0 Å². The molecule has 2 fully saturated rings. The molecular weight excluding hydrogens is 318 g/mol. The lowest BCUT2D eigenvalue weighted by molar-refractivity contribution is -0.126. The molecule has 0 unspecified atom stereocenters. The summed E-state index contributed by atoms with van der Waals surface area (Å²) < 4.78 is 5.32. The highest BCUT2D eigenvalue weighted by atomic mass is 16.5. The van der Waals surface area contributed by atoms with Crippen molar-refractivity contribution < 1.29 is 14.3 Å². The maximum absolute atomic E-state index is 12.8. The number of hydrogen-bond donors (Lipinski definition) is 1. The highest BCUT2D eigenvalue weighted by molar-refractivity contribution is 5.99. The second-order valence-electron chi connectivity index (χ2n) is 6.65. The molecule has 6 heteroatoms. The average Bonchev–Trinajstić information content (AvgIpc) is 3.02. The number of amides is 2. The molecule has 0 saturated carbocycles. The van der Waals surface area contributed by atoms with E-state index in [4.69, 9.17) is 4.74 Å². The van der Waals surface area contributed by atoms with E-state index in [0.29, 0.717) is 26.3 Å². The Bertz CT molecular complexity index is 587. The summed E-state index contributed by atoms with van der Waals surface area (Å²) >= 11 is 0. The third-order valence-electron chi connectivity index (χ3n) is 5.03. The summed E-state index contributed by atoms with van der Waals surface area (Å²) in [4.78, 5) is 29.0. The van der Waals surface area contributed by atoms with Gasteiger partial charge >= 0.3 is 0 Å². The standard InChI is InChI=1S/C19H27N3O3/c1-2-21(14-18(23)20-15-9-12-25-13-10-15)17-8-11-22(19(17)24)16-6-4-3-5-7-16/h3-7,15,17H,2,8-14H2,1H3,(H,20,23)/t17-/m0/s1. The number of nitrogens with one attached hydrogen (secondary N) is 1. The van der Waals surface area contributed by atoms with Gasteiger partial charge in [-0.1, -0.05) is 25.1 Å². The van der Waals surface area contributed by atoms with E-state index in [-0.39, 0.29) is 30.4 Å². The van der Waals surface area contributed by atoms with E-state index >= 15 is 0 Å². The van der Waals surface area contributed by atoms with Crippen LogP contribution in [-0.4, -0.2) is 61.6 Å². The van der Waals surface area contributed by atoms with Crippen molar-refractivity contribution in [2.24, 2.45) is 0 Å². The van der Waals surface area contributed by atoms with E-state index in [1.165, 1.54) is 0 Å². The molecule has 2 heterocycles. The minimum atomic E-state index is -0.217. The second-order valence-corrected chi connectivity index (χ2v) is 6.65. The summed E-state index contributed by atoms with van der Waals surface area (Å²) in [5.74, 6) is 0.0895. The van der Waals surface area contributed by atoms with Crippen LogP contribution in [0.5, 0.6) is 0 Å². The molecular formula is C19H27N3O3. The van der Waals surface area contributed by atoms with Crippen molar-refractivity contribution in [2.45, 2.75) is 38.3 Å². The van der Waals surface area contributed by atoms with E-state index in [0.717, 1.165) is 24.9 Å². The summed E-state index contributed by atoms with van der Waals surface area (Å²) in [7, 11) is 0. The van der Waals surface area contributed by atoms with Crippen LogP contribution < -0.4 is 10.2 Å². The molecule has 1 aromatic carbocycles. The van der Waals surface area contributed by atoms with E-state index in [2.05, 4.69) is 5.32 Å². The van der Waals surface area contributed by atoms with Gasteiger partial charge in [0.1, 0.15) is 0 Å². The summed E-state index contributed by atoms with van der Waals surface area (Å²) in [6.45, 7) is 5.06. The SMILES string of the molecule is CCN(CC(=O)NC1CCOCC1)[C@H]1CCN(c2ccccc2)C1=O. The summed E-state index contributed by atoms with van der Waals surface area (Å²) in [5, 5.41) is 3.08. The van der Waals surface area contributed by atoms with Crippen molar-refractivity contribution in [3.63, 3.8) is 0 Å². The predicted octanol–water partition coefficient (Wildman–Crippen LogP) is 1.41. The third kappa shape index (κ3) is 4.38. The topological polar surface area (TPSA) is 61.9 Å². The fourth-order valence-corrected chi connectivity index (χ4v) is 3.61. The molecule has 2 aliphatic heterocycles. The molecule has 0 bridgehead atoms. The number of ether oxygens (including phenoxy) is 1. The van der Waals surface area contributed by atoms with Gasteiger partial charge in [-0.25, -0.2) is 0 Å². The van der Waals surface area contributed by atoms with Crippen molar-refractivity contribution in [3.8, 4) is 0 Å². The molecule has 136 valence electrons. The Balaban J connectivity index is 1.57. The summed E-state index contributed by atoms with van der Waals surface area (Å²) in [5.41, 5.74) is 0.928. The van der Waals surface area contributed by atoms with Crippen LogP contribution in [0.25, 0.3) is 0 Å². The number of rotatable bonds is 6. The highest BCUT2D eigenvalue weighted by Gasteiger charge is 2.36. The van der Waals surface area contributed by atoms with Gasteiger partial charge in [0.2, 0.25) is 11.8 Å². The lowest BCUT2D eigenvalue weighted by atomic mass is 10.1. The normalized spacial score (nSPS) is 21.8. The van der Waals surface area contributed by atoms with Gasteiger partial charge in [-0.3, -0.25) is 14.5 Å². The lowest BCUT2D eigenvalue weighted by Crippen LogP contribution is -2.49. The smallest absolute Gasteiger partial charge is 0.244 e.